The van der Waals surface area contributed by atoms with Gasteiger partial charge < -0.3 is 0 Å². The van der Waals surface area contributed by atoms with E-state index in [0.29, 0.717) is 18.7 Å². The quantitative estimate of drug-likeness (QED) is 0.668. The molecule has 2 aromatic carbocycles. The maximum Gasteiger partial charge on any atom is 0.243 e. The predicted octanol–water partition coefficient (Wildman–Crippen LogP) is 4.93. The van der Waals surface area contributed by atoms with Gasteiger partial charge in [-0.25, -0.2) is 17.2 Å². The normalized spacial score (nSPS) is 16.6. The Bertz CT molecular complexity index is 956. The van der Waals surface area contributed by atoms with Crippen LogP contribution >= 0.6 is 11.6 Å². The second-order valence-electron chi connectivity index (χ2n) is 6.36. The van der Waals surface area contributed by atoms with E-state index in [1.807, 2.05) is 0 Å². The van der Waals surface area contributed by atoms with Gasteiger partial charge in [-0.15, -0.1) is 0 Å². The van der Waals surface area contributed by atoms with Crippen LogP contribution in [-0.2, 0) is 10.0 Å². The number of halogens is 3. The predicted molar refractivity (Wildman–Crippen MR) is 102 cm³/mol. The third-order valence-corrected chi connectivity index (χ3v) is 6.63. The van der Waals surface area contributed by atoms with Crippen molar-refractivity contribution in [1.82, 2.24) is 4.31 Å². The Kier molecular flexibility index (Phi) is 6.24. The third-order valence-electron chi connectivity index (χ3n) is 4.42. The highest BCUT2D eigenvalue weighted by atomic mass is 35.5. The molecule has 0 spiro atoms. The average molecular weight is 413 g/mol. The zero-order valence-corrected chi connectivity index (χ0v) is 16.1. The maximum atomic E-state index is 13.3. The van der Waals surface area contributed by atoms with E-state index < -0.39 is 21.7 Å². The fraction of sp³-hybridized carbons (Fsp3) is 0.316. The van der Waals surface area contributed by atoms with Crippen LogP contribution in [0.1, 0.15) is 31.2 Å². The number of sulfonamides is 1. The van der Waals surface area contributed by atoms with E-state index >= 15 is 0 Å². The van der Waals surface area contributed by atoms with Crippen molar-refractivity contribution in [2.24, 2.45) is 4.99 Å². The van der Waals surface area contributed by atoms with Gasteiger partial charge in [0.1, 0.15) is 0 Å². The van der Waals surface area contributed by atoms with E-state index in [2.05, 4.69) is 4.99 Å². The first-order chi connectivity index (χ1) is 12.9. The lowest BCUT2D eigenvalue weighted by Gasteiger charge is -2.20. The Morgan fingerprint density at radius 1 is 0.963 bits per heavy atom. The number of rotatable bonds is 4. The van der Waals surface area contributed by atoms with Crippen LogP contribution in [0.4, 0.5) is 14.5 Å². The molecule has 1 saturated heterocycles. The Balaban J connectivity index is 1.89. The van der Waals surface area contributed by atoms with Gasteiger partial charge in [0.05, 0.1) is 15.6 Å². The molecule has 8 heteroatoms. The van der Waals surface area contributed by atoms with E-state index in [4.69, 9.17) is 11.6 Å². The lowest BCUT2D eigenvalue weighted by Crippen LogP contribution is -2.31. The molecule has 27 heavy (non-hydrogen) atoms. The van der Waals surface area contributed by atoms with Crippen LogP contribution < -0.4 is 0 Å². The number of benzene rings is 2. The molecule has 3 rings (SSSR count). The summed E-state index contributed by atoms with van der Waals surface area (Å²) in [5.74, 6) is -1.93. The van der Waals surface area contributed by atoms with Gasteiger partial charge in [-0.1, -0.05) is 30.5 Å². The third kappa shape index (κ3) is 4.72. The number of hydrogen-bond acceptors (Lipinski definition) is 3. The maximum absolute atomic E-state index is 13.3. The van der Waals surface area contributed by atoms with Crippen LogP contribution in [0.15, 0.2) is 46.3 Å². The minimum absolute atomic E-state index is 0.117. The summed E-state index contributed by atoms with van der Waals surface area (Å²) in [6, 6.07) is 7.71. The topological polar surface area (TPSA) is 49.7 Å². The summed E-state index contributed by atoms with van der Waals surface area (Å²) in [5, 5.41) is 0.267. The highest BCUT2D eigenvalue weighted by molar-refractivity contribution is 7.89. The van der Waals surface area contributed by atoms with E-state index in [-0.39, 0.29) is 15.6 Å². The lowest BCUT2D eigenvalue weighted by molar-refractivity contribution is 0.424. The fourth-order valence-electron chi connectivity index (χ4n) is 2.92. The molecule has 0 bridgehead atoms. The zero-order chi connectivity index (χ0) is 19.4. The molecule has 0 aliphatic carbocycles. The standard InChI is InChI=1S/C19H19ClF2N2O2S/c20-16-7-6-15(27(25,26)24-9-3-1-2-4-10-24)12-19(16)23-13-14-5-8-17(21)18(22)11-14/h5-8,11-13H,1-4,9-10H2. The molecule has 0 amide bonds. The van der Waals surface area contributed by atoms with Gasteiger partial charge in [0.25, 0.3) is 0 Å². The van der Waals surface area contributed by atoms with Gasteiger partial charge in [0.15, 0.2) is 11.6 Å². The fourth-order valence-corrected chi connectivity index (χ4v) is 4.62. The second kappa shape index (κ2) is 8.46. The van der Waals surface area contributed by atoms with Crippen molar-refractivity contribution in [2.75, 3.05) is 13.1 Å². The summed E-state index contributed by atoms with van der Waals surface area (Å²) in [6.07, 6.45) is 5.04. The summed E-state index contributed by atoms with van der Waals surface area (Å²) >= 11 is 6.12. The minimum Gasteiger partial charge on any atom is -0.255 e. The van der Waals surface area contributed by atoms with Crippen molar-refractivity contribution in [3.8, 4) is 0 Å². The van der Waals surface area contributed by atoms with Crippen LogP contribution in [0.2, 0.25) is 5.02 Å². The monoisotopic (exact) mass is 412 g/mol. The smallest absolute Gasteiger partial charge is 0.243 e. The zero-order valence-electron chi connectivity index (χ0n) is 14.5. The van der Waals surface area contributed by atoms with Crippen LogP contribution in [0.25, 0.3) is 0 Å². The molecule has 1 aliphatic heterocycles. The summed E-state index contributed by atoms with van der Waals surface area (Å²) in [5.41, 5.74) is 0.586. The molecule has 0 atom stereocenters. The number of nitrogens with zero attached hydrogens (tertiary/aromatic N) is 2. The van der Waals surface area contributed by atoms with Gasteiger partial charge >= 0.3 is 0 Å². The molecule has 1 heterocycles. The van der Waals surface area contributed by atoms with E-state index in [1.54, 1.807) is 0 Å². The van der Waals surface area contributed by atoms with Gasteiger partial charge in [-0.3, -0.25) is 4.99 Å². The Morgan fingerprint density at radius 2 is 1.67 bits per heavy atom. The molecule has 4 nitrogen and oxygen atoms in total. The lowest BCUT2D eigenvalue weighted by atomic mass is 10.2. The highest BCUT2D eigenvalue weighted by Crippen LogP contribution is 2.30. The molecule has 0 radical (unpaired) electrons. The largest absolute Gasteiger partial charge is 0.255 e. The van der Waals surface area contributed by atoms with E-state index in [9.17, 15) is 17.2 Å². The SMILES string of the molecule is O=S(=O)(c1ccc(Cl)c(N=Cc2ccc(F)c(F)c2)c1)N1CCCCCC1. The highest BCUT2D eigenvalue weighted by Gasteiger charge is 2.25. The van der Waals surface area contributed by atoms with Gasteiger partial charge in [-0.2, -0.15) is 4.31 Å². The molecule has 2 aromatic rings. The van der Waals surface area contributed by atoms with Gasteiger partial charge in [0, 0.05) is 19.3 Å². The van der Waals surface area contributed by atoms with Crippen molar-refractivity contribution in [1.29, 1.82) is 0 Å². The molecule has 144 valence electrons. The molecular weight excluding hydrogens is 394 g/mol. The van der Waals surface area contributed by atoms with Crippen molar-refractivity contribution in [3.05, 3.63) is 58.6 Å². The Hall–Kier alpha value is -1.83. The van der Waals surface area contributed by atoms with Crippen LogP contribution in [0.3, 0.4) is 0 Å². The summed E-state index contributed by atoms with van der Waals surface area (Å²) in [7, 11) is -3.63. The van der Waals surface area contributed by atoms with Crippen molar-refractivity contribution < 1.29 is 17.2 Å². The molecule has 1 fully saturated rings. The first-order valence-electron chi connectivity index (χ1n) is 8.67. The first-order valence-corrected chi connectivity index (χ1v) is 10.5. The summed E-state index contributed by atoms with van der Waals surface area (Å²) in [4.78, 5) is 4.27. The van der Waals surface area contributed by atoms with Gasteiger partial charge in [0.2, 0.25) is 10.0 Å². The molecule has 0 aromatic heterocycles. The molecule has 0 N–H and O–H groups in total. The number of aliphatic imine (C=N–C) groups is 1. The van der Waals surface area contributed by atoms with E-state index in [1.165, 1.54) is 34.8 Å². The minimum atomic E-state index is -3.63. The second-order valence-corrected chi connectivity index (χ2v) is 8.71. The summed E-state index contributed by atoms with van der Waals surface area (Å²) in [6.45, 7) is 0.997. The first kappa shape index (κ1) is 19.9. The van der Waals surface area contributed by atoms with Gasteiger partial charge in [-0.05, 0) is 48.7 Å². The molecular formula is C19H19ClF2N2O2S. The van der Waals surface area contributed by atoms with Crippen molar-refractivity contribution >= 4 is 33.5 Å². The van der Waals surface area contributed by atoms with Crippen LogP contribution in [0, 0.1) is 11.6 Å². The number of hydrogen-bond donors (Lipinski definition) is 0. The van der Waals surface area contributed by atoms with Crippen molar-refractivity contribution in [3.63, 3.8) is 0 Å². The van der Waals surface area contributed by atoms with E-state index in [0.717, 1.165) is 37.8 Å². The molecule has 1 aliphatic rings. The Labute approximate surface area is 162 Å². The molecule has 0 unspecified atom stereocenters. The Morgan fingerprint density at radius 3 is 2.33 bits per heavy atom. The summed E-state index contributed by atoms with van der Waals surface area (Å²) < 4.78 is 53.6. The molecule has 0 saturated carbocycles. The van der Waals surface area contributed by atoms with Crippen molar-refractivity contribution in [2.45, 2.75) is 30.6 Å². The van der Waals surface area contributed by atoms with Crippen LogP contribution in [0.5, 0.6) is 0 Å². The van der Waals surface area contributed by atoms with Crippen LogP contribution in [-0.4, -0.2) is 32.0 Å². The average Bonchev–Trinajstić information content (AvgIpc) is 2.93.